The van der Waals surface area contributed by atoms with E-state index in [1.54, 1.807) is 18.3 Å². The van der Waals surface area contributed by atoms with Crippen molar-refractivity contribution in [1.82, 2.24) is 9.55 Å². The van der Waals surface area contributed by atoms with Crippen LogP contribution >= 0.6 is 0 Å². The summed E-state index contributed by atoms with van der Waals surface area (Å²) in [5.74, 6) is 0.850. The van der Waals surface area contributed by atoms with E-state index < -0.39 is 0 Å². The third-order valence-corrected chi connectivity index (χ3v) is 2.74. The Balaban J connectivity index is 1.90. The van der Waals surface area contributed by atoms with Crippen molar-refractivity contribution < 1.29 is 4.79 Å². The largest absolute Gasteiger partial charge is 0.397 e. The van der Waals surface area contributed by atoms with E-state index in [9.17, 15) is 4.79 Å². The van der Waals surface area contributed by atoms with Gasteiger partial charge in [-0.05, 0) is 19.1 Å². The number of hydrogen-bond donors (Lipinski definition) is 2. The molecule has 5 heteroatoms. The summed E-state index contributed by atoms with van der Waals surface area (Å²) < 4.78 is 1.94. The van der Waals surface area contributed by atoms with Crippen molar-refractivity contribution in [3.05, 3.63) is 42.5 Å². The molecule has 1 heterocycles. The topological polar surface area (TPSA) is 72.9 Å². The summed E-state index contributed by atoms with van der Waals surface area (Å²) in [7, 11) is 0. The molecule has 2 aromatic rings. The fourth-order valence-electron chi connectivity index (χ4n) is 1.69. The number of benzene rings is 1. The van der Waals surface area contributed by atoms with Crippen molar-refractivity contribution in [2.45, 2.75) is 19.9 Å². The minimum Gasteiger partial charge on any atom is -0.397 e. The normalized spacial score (nSPS) is 10.3. The maximum absolute atomic E-state index is 11.8. The lowest BCUT2D eigenvalue weighted by Gasteiger charge is -2.08. The van der Waals surface area contributed by atoms with Crippen molar-refractivity contribution in [3.63, 3.8) is 0 Å². The van der Waals surface area contributed by atoms with Gasteiger partial charge in [0.05, 0.1) is 11.4 Å². The van der Waals surface area contributed by atoms with E-state index >= 15 is 0 Å². The Hall–Kier alpha value is -2.30. The van der Waals surface area contributed by atoms with Crippen LogP contribution < -0.4 is 11.1 Å². The van der Waals surface area contributed by atoms with Crippen LogP contribution in [0, 0.1) is 6.92 Å². The minimum absolute atomic E-state index is 0.0546. The summed E-state index contributed by atoms with van der Waals surface area (Å²) in [6.45, 7) is 2.53. The fourth-order valence-corrected chi connectivity index (χ4v) is 1.69. The Bertz CT molecular complexity index is 547. The number of aryl methyl sites for hydroxylation is 2. The summed E-state index contributed by atoms with van der Waals surface area (Å²) in [6.07, 6.45) is 3.98. The predicted octanol–water partition coefficient (Wildman–Crippen LogP) is 1.80. The highest BCUT2D eigenvalue weighted by Gasteiger charge is 2.05. The average molecular weight is 244 g/mol. The number of nitrogens with zero attached hydrogens (tertiary/aromatic N) is 2. The van der Waals surface area contributed by atoms with Crippen LogP contribution in [0.25, 0.3) is 0 Å². The average Bonchev–Trinajstić information content (AvgIpc) is 2.75. The number of nitrogens with two attached hydrogens (primary N) is 1. The second kappa shape index (κ2) is 5.35. The smallest absolute Gasteiger partial charge is 0.226 e. The van der Waals surface area contributed by atoms with Gasteiger partial charge in [-0.3, -0.25) is 4.79 Å². The van der Waals surface area contributed by atoms with Crippen molar-refractivity contribution in [3.8, 4) is 0 Å². The van der Waals surface area contributed by atoms with Gasteiger partial charge in [-0.15, -0.1) is 0 Å². The number of imidazole rings is 1. The van der Waals surface area contributed by atoms with Gasteiger partial charge >= 0.3 is 0 Å². The van der Waals surface area contributed by atoms with Crippen LogP contribution in [0.4, 0.5) is 11.4 Å². The maximum Gasteiger partial charge on any atom is 0.226 e. The highest BCUT2D eigenvalue weighted by molar-refractivity contribution is 5.93. The molecule has 5 nitrogen and oxygen atoms in total. The van der Waals surface area contributed by atoms with Crippen LogP contribution in [0.15, 0.2) is 36.7 Å². The number of hydrogen-bond acceptors (Lipinski definition) is 3. The number of para-hydroxylation sites is 2. The van der Waals surface area contributed by atoms with Gasteiger partial charge in [0.25, 0.3) is 0 Å². The Morgan fingerprint density at radius 1 is 1.44 bits per heavy atom. The van der Waals surface area contributed by atoms with Gasteiger partial charge < -0.3 is 15.6 Å². The molecule has 0 saturated heterocycles. The molecule has 94 valence electrons. The van der Waals surface area contributed by atoms with E-state index in [0.29, 0.717) is 24.3 Å². The number of carbonyl (C=O) groups is 1. The van der Waals surface area contributed by atoms with Crippen molar-refractivity contribution in [2.75, 3.05) is 11.1 Å². The van der Waals surface area contributed by atoms with E-state index in [0.717, 1.165) is 5.82 Å². The molecule has 1 amide bonds. The third kappa shape index (κ3) is 2.88. The second-order valence-corrected chi connectivity index (χ2v) is 4.05. The molecular weight excluding hydrogens is 228 g/mol. The number of amides is 1. The molecule has 0 radical (unpaired) electrons. The van der Waals surface area contributed by atoms with Gasteiger partial charge in [-0.1, -0.05) is 12.1 Å². The molecule has 0 saturated carbocycles. The molecular formula is C13H16N4O. The highest BCUT2D eigenvalue weighted by Crippen LogP contribution is 2.16. The SMILES string of the molecule is Cc1nccn1CCC(=O)Nc1ccccc1N. The van der Waals surface area contributed by atoms with Crippen LogP contribution in [0.2, 0.25) is 0 Å². The van der Waals surface area contributed by atoms with Gasteiger partial charge in [-0.2, -0.15) is 0 Å². The first-order valence-electron chi connectivity index (χ1n) is 5.79. The van der Waals surface area contributed by atoms with Crippen LogP contribution in [-0.4, -0.2) is 15.5 Å². The molecule has 2 rings (SSSR count). The number of nitrogens with one attached hydrogen (secondary N) is 1. The van der Waals surface area contributed by atoms with Gasteiger partial charge in [0.1, 0.15) is 5.82 Å². The molecule has 3 N–H and O–H groups in total. The summed E-state index contributed by atoms with van der Waals surface area (Å²) >= 11 is 0. The fraction of sp³-hybridized carbons (Fsp3) is 0.231. The Morgan fingerprint density at radius 3 is 2.89 bits per heavy atom. The molecule has 0 aliphatic carbocycles. The number of aromatic nitrogens is 2. The highest BCUT2D eigenvalue weighted by atomic mass is 16.1. The van der Waals surface area contributed by atoms with Crippen molar-refractivity contribution >= 4 is 17.3 Å². The first kappa shape index (κ1) is 12.2. The number of anilines is 2. The quantitative estimate of drug-likeness (QED) is 0.805. The van der Waals surface area contributed by atoms with Gasteiger partial charge in [0.2, 0.25) is 5.91 Å². The number of nitrogen functional groups attached to an aromatic ring is 1. The Labute approximate surface area is 106 Å². The molecule has 0 spiro atoms. The summed E-state index contributed by atoms with van der Waals surface area (Å²) in [4.78, 5) is 15.9. The zero-order valence-electron chi connectivity index (χ0n) is 10.3. The lowest BCUT2D eigenvalue weighted by atomic mass is 10.2. The minimum atomic E-state index is -0.0546. The molecule has 0 unspecified atom stereocenters. The zero-order valence-corrected chi connectivity index (χ0v) is 10.3. The van der Waals surface area contributed by atoms with Crippen LogP contribution in [0.3, 0.4) is 0 Å². The molecule has 1 aromatic carbocycles. The van der Waals surface area contributed by atoms with Gasteiger partial charge in [0.15, 0.2) is 0 Å². The standard InChI is InChI=1S/C13H16N4O/c1-10-15-7-9-17(10)8-6-13(18)16-12-5-3-2-4-11(12)14/h2-5,7,9H,6,8,14H2,1H3,(H,16,18). The second-order valence-electron chi connectivity index (χ2n) is 4.05. The first-order valence-corrected chi connectivity index (χ1v) is 5.79. The van der Waals surface area contributed by atoms with E-state index in [2.05, 4.69) is 10.3 Å². The molecule has 0 atom stereocenters. The van der Waals surface area contributed by atoms with E-state index in [1.165, 1.54) is 0 Å². The summed E-state index contributed by atoms with van der Waals surface area (Å²) in [5, 5.41) is 2.79. The van der Waals surface area contributed by atoms with Crippen molar-refractivity contribution in [1.29, 1.82) is 0 Å². The molecule has 0 bridgehead atoms. The van der Waals surface area contributed by atoms with Crippen molar-refractivity contribution in [2.24, 2.45) is 0 Å². The lowest BCUT2D eigenvalue weighted by molar-refractivity contribution is -0.116. The Morgan fingerprint density at radius 2 is 2.22 bits per heavy atom. The maximum atomic E-state index is 11.8. The van der Waals surface area contributed by atoms with Gasteiger partial charge in [0, 0.05) is 25.4 Å². The molecule has 1 aromatic heterocycles. The number of carbonyl (C=O) groups excluding carboxylic acids is 1. The first-order chi connectivity index (χ1) is 8.66. The van der Waals surface area contributed by atoms with E-state index in [1.807, 2.05) is 29.8 Å². The Kier molecular flexibility index (Phi) is 3.62. The van der Waals surface area contributed by atoms with Crippen LogP contribution in [-0.2, 0) is 11.3 Å². The van der Waals surface area contributed by atoms with Gasteiger partial charge in [-0.25, -0.2) is 4.98 Å². The zero-order chi connectivity index (χ0) is 13.0. The molecule has 18 heavy (non-hydrogen) atoms. The van der Waals surface area contributed by atoms with E-state index in [4.69, 9.17) is 5.73 Å². The predicted molar refractivity (Wildman–Crippen MR) is 71.1 cm³/mol. The van der Waals surface area contributed by atoms with E-state index in [-0.39, 0.29) is 5.91 Å². The molecule has 0 aliphatic rings. The molecule has 0 aliphatic heterocycles. The summed E-state index contributed by atoms with van der Waals surface area (Å²) in [6, 6.07) is 7.22. The summed E-state index contributed by atoms with van der Waals surface area (Å²) in [5.41, 5.74) is 6.98. The monoisotopic (exact) mass is 244 g/mol. The third-order valence-electron chi connectivity index (χ3n) is 2.74. The molecule has 0 fully saturated rings. The number of rotatable bonds is 4. The lowest BCUT2D eigenvalue weighted by Crippen LogP contribution is -2.15. The van der Waals surface area contributed by atoms with Crippen LogP contribution in [0.1, 0.15) is 12.2 Å². The van der Waals surface area contributed by atoms with Crippen LogP contribution in [0.5, 0.6) is 0 Å².